The van der Waals surface area contributed by atoms with Crippen LogP contribution in [0.4, 0.5) is 0 Å². The fourth-order valence-electron chi connectivity index (χ4n) is 5.35. The quantitative estimate of drug-likeness (QED) is 0.718. The van der Waals surface area contributed by atoms with Gasteiger partial charge in [-0.25, -0.2) is 0 Å². The Kier molecular flexibility index (Phi) is 3.39. The van der Waals surface area contributed by atoms with Crippen molar-refractivity contribution in [3.05, 3.63) is 28.8 Å². The number of aromatic hydroxyl groups is 1. The zero-order valence-corrected chi connectivity index (χ0v) is 14.3. The van der Waals surface area contributed by atoms with Gasteiger partial charge in [0.2, 0.25) is 0 Å². The number of rotatable bonds is 1. The van der Waals surface area contributed by atoms with Crippen molar-refractivity contribution in [3.8, 4) is 5.75 Å². The Morgan fingerprint density at radius 3 is 2.52 bits per heavy atom. The van der Waals surface area contributed by atoms with Gasteiger partial charge in [-0.15, -0.1) is 0 Å². The van der Waals surface area contributed by atoms with Crippen LogP contribution in [0.25, 0.3) is 0 Å². The van der Waals surface area contributed by atoms with Crippen molar-refractivity contribution in [1.29, 1.82) is 0 Å². The number of phenolic OH excluding ortho intramolecular Hbond substituents is 1. The molecule has 3 rings (SSSR count). The Labute approximate surface area is 129 Å². The summed E-state index contributed by atoms with van der Waals surface area (Å²) in [4.78, 5) is 0. The van der Waals surface area contributed by atoms with Crippen molar-refractivity contribution in [3.63, 3.8) is 0 Å². The van der Waals surface area contributed by atoms with E-state index in [2.05, 4.69) is 46.8 Å². The molecule has 116 valence electrons. The van der Waals surface area contributed by atoms with Crippen LogP contribution in [0.5, 0.6) is 5.75 Å². The molecule has 1 aromatic rings. The zero-order valence-electron chi connectivity index (χ0n) is 14.3. The molecule has 0 radical (unpaired) electrons. The number of fused-ring (bicyclic) bond motifs is 3. The van der Waals surface area contributed by atoms with Crippen LogP contribution in [0.15, 0.2) is 12.1 Å². The molecule has 2 aliphatic rings. The first-order chi connectivity index (χ1) is 9.77. The van der Waals surface area contributed by atoms with E-state index >= 15 is 0 Å². The normalized spacial score (nSPS) is 30.9. The summed E-state index contributed by atoms with van der Waals surface area (Å²) in [5, 5.41) is 10.7. The second-order valence-corrected chi connectivity index (χ2v) is 8.54. The Morgan fingerprint density at radius 2 is 1.86 bits per heavy atom. The summed E-state index contributed by atoms with van der Waals surface area (Å²) < 4.78 is 0. The molecule has 0 heterocycles. The fraction of sp³-hybridized carbons (Fsp3) is 0.700. The Balaban J connectivity index is 2.13. The van der Waals surface area contributed by atoms with Gasteiger partial charge >= 0.3 is 0 Å². The van der Waals surface area contributed by atoms with Crippen molar-refractivity contribution < 1.29 is 5.11 Å². The monoisotopic (exact) mass is 286 g/mol. The van der Waals surface area contributed by atoms with Crippen molar-refractivity contribution >= 4 is 0 Å². The van der Waals surface area contributed by atoms with Gasteiger partial charge in [0.1, 0.15) is 5.75 Å². The molecule has 0 amide bonds. The minimum Gasteiger partial charge on any atom is -0.507 e. The molecule has 1 nitrogen and oxygen atoms in total. The summed E-state index contributed by atoms with van der Waals surface area (Å²) in [7, 11) is 0. The van der Waals surface area contributed by atoms with Crippen LogP contribution in [0.1, 0.15) is 82.9 Å². The summed E-state index contributed by atoms with van der Waals surface area (Å²) in [6, 6.07) is 4.51. The van der Waals surface area contributed by atoms with E-state index in [4.69, 9.17) is 0 Å². The lowest BCUT2D eigenvalue weighted by Crippen LogP contribution is -2.47. The van der Waals surface area contributed by atoms with E-state index in [0.717, 1.165) is 17.9 Å². The van der Waals surface area contributed by atoms with Crippen LogP contribution in [0.3, 0.4) is 0 Å². The van der Waals surface area contributed by atoms with Gasteiger partial charge in [0, 0.05) is 0 Å². The van der Waals surface area contributed by atoms with E-state index in [1.165, 1.54) is 36.8 Å². The van der Waals surface area contributed by atoms with E-state index in [1.807, 2.05) is 0 Å². The fourth-order valence-corrected chi connectivity index (χ4v) is 5.35. The molecule has 2 aliphatic carbocycles. The molecule has 1 N–H and O–H groups in total. The average Bonchev–Trinajstić information content (AvgIpc) is 2.38. The number of phenols is 1. The predicted octanol–water partition coefficient (Wildman–Crippen LogP) is 5.55. The van der Waals surface area contributed by atoms with Gasteiger partial charge in [-0.3, -0.25) is 0 Å². The number of hydrogen-bond acceptors (Lipinski definition) is 1. The molecule has 0 spiro atoms. The van der Waals surface area contributed by atoms with E-state index in [0.29, 0.717) is 17.1 Å². The maximum absolute atomic E-state index is 10.7. The lowest BCUT2D eigenvalue weighted by Gasteiger charge is -2.54. The lowest BCUT2D eigenvalue weighted by atomic mass is 9.50. The van der Waals surface area contributed by atoms with E-state index in [-0.39, 0.29) is 5.41 Å². The highest BCUT2D eigenvalue weighted by molar-refractivity contribution is 5.51. The van der Waals surface area contributed by atoms with Crippen LogP contribution < -0.4 is 0 Å². The van der Waals surface area contributed by atoms with Gasteiger partial charge in [-0.1, -0.05) is 53.2 Å². The number of hydrogen-bond donors (Lipinski definition) is 1. The van der Waals surface area contributed by atoms with E-state index in [1.54, 1.807) is 0 Å². The van der Waals surface area contributed by atoms with E-state index < -0.39 is 0 Å². The molecule has 0 aliphatic heterocycles. The first-order valence-corrected chi connectivity index (χ1v) is 8.62. The zero-order chi connectivity index (χ0) is 15.4. The molecule has 1 saturated carbocycles. The first-order valence-electron chi connectivity index (χ1n) is 8.62. The molecular weight excluding hydrogens is 256 g/mol. The molecule has 0 aromatic heterocycles. The molecule has 1 aromatic carbocycles. The Hall–Kier alpha value is -0.980. The molecular formula is C20H30O. The van der Waals surface area contributed by atoms with Gasteiger partial charge < -0.3 is 5.11 Å². The SMILES string of the molecule is CC(C)c1ccc2c(c1O)CCC1C(C)(C)CCC[C@]21C. The topological polar surface area (TPSA) is 20.2 Å². The maximum Gasteiger partial charge on any atom is 0.122 e. The standard InChI is InChI=1S/C20H30O/c1-13(2)14-7-9-16-15(18(14)21)8-10-17-19(3,4)11-6-12-20(16,17)5/h7,9,13,17,21H,6,8,10-12H2,1-5H3/t17?,20-/m1/s1. The summed E-state index contributed by atoms with van der Waals surface area (Å²) >= 11 is 0. The highest BCUT2D eigenvalue weighted by Gasteiger charge is 2.50. The molecule has 1 heteroatoms. The molecule has 21 heavy (non-hydrogen) atoms. The van der Waals surface area contributed by atoms with Gasteiger partial charge in [-0.2, -0.15) is 0 Å². The molecule has 0 saturated heterocycles. The van der Waals surface area contributed by atoms with E-state index in [9.17, 15) is 5.11 Å². The third-order valence-corrected chi connectivity index (χ3v) is 6.46. The molecule has 0 bridgehead atoms. The van der Waals surface area contributed by atoms with Crippen LogP contribution in [-0.4, -0.2) is 5.11 Å². The van der Waals surface area contributed by atoms with Crippen LogP contribution in [-0.2, 0) is 11.8 Å². The van der Waals surface area contributed by atoms with Crippen molar-refractivity contribution in [2.45, 2.75) is 78.1 Å². The second-order valence-electron chi connectivity index (χ2n) is 8.54. The summed E-state index contributed by atoms with van der Waals surface area (Å²) in [5.41, 5.74) is 4.48. The van der Waals surface area contributed by atoms with Crippen LogP contribution in [0, 0.1) is 11.3 Å². The smallest absolute Gasteiger partial charge is 0.122 e. The minimum absolute atomic E-state index is 0.252. The third kappa shape index (κ3) is 2.12. The average molecular weight is 286 g/mol. The van der Waals surface area contributed by atoms with Gasteiger partial charge in [0.25, 0.3) is 0 Å². The molecule has 2 atom stereocenters. The highest BCUT2D eigenvalue weighted by Crippen LogP contribution is 2.58. The minimum atomic E-state index is 0.252. The third-order valence-electron chi connectivity index (χ3n) is 6.46. The first kappa shape index (κ1) is 14.9. The summed E-state index contributed by atoms with van der Waals surface area (Å²) in [6.45, 7) is 11.7. The van der Waals surface area contributed by atoms with Crippen molar-refractivity contribution in [2.75, 3.05) is 0 Å². The summed E-state index contributed by atoms with van der Waals surface area (Å²) in [6.07, 6.45) is 6.20. The maximum atomic E-state index is 10.7. The predicted molar refractivity (Wildman–Crippen MR) is 89.0 cm³/mol. The highest BCUT2D eigenvalue weighted by atomic mass is 16.3. The van der Waals surface area contributed by atoms with Gasteiger partial charge in [0.15, 0.2) is 0 Å². The van der Waals surface area contributed by atoms with Crippen molar-refractivity contribution in [2.24, 2.45) is 11.3 Å². The van der Waals surface area contributed by atoms with Crippen LogP contribution >= 0.6 is 0 Å². The molecule has 1 fully saturated rings. The lowest BCUT2D eigenvalue weighted by molar-refractivity contribution is 0.0402. The van der Waals surface area contributed by atoms with Crippen LogP contribution in [0.2, 0.25) is 0 Å². The second kappa shape index (κ2) is 4.76. The van der Waals surface area contributed by atoms with Gasteiger partial charge in [-0.05, 0) is 65.0 Å². The largest absolute Gasteiger partial charge is 0.507 e. The Morgan fingerprint density at radius 1 is 1.14 bits per heavy atom. The number of benzene rings is 1. The molecule has 1 unspecified atom stereocenters. The summed E-state index contributed by atoms with van der Waals surface area (Å²) in [5.74, 6) is 1.73. The van der Waals surface area contributed by atoms with Gasteiger partial charge in [0.05, 0.1) is 0 Å². The van der Waals surface area contributed by atoms with Crippen molar-refractivity contribution in [1.82, 2.24) is 0 Å². The Bertz CT molecular complexity index is 555.